The van der Waals surface area contributed by atoms with Crippen LogP contribution in [-0.4, -0.2) is 4.98 Å². The van der Waals surface area contributed by atoms with Crippen molar-refractivity contribution in [1.82, 2.24) is 10.4 Å². The summed E-state index contributed by atoms with van der Waals surface area (Å²) < 4.78 is 38.5. The molecule has 1 unspecified atom stereocenters. The van der Waals surface area contributed by atoms with Crippen molar-refractivity contribution in [3.8, 4) is 0 Å². The lowest BCUT2D eigenvalue weighted by atomic mass is 9.77. The molecule has 1 aliphatic rings. The zero-order valence-electron chi connectivity index (χ0n) is 9.17. The van der Waals surface area contributed by atoms with Gasteiger partial charge in [0.15, 0.2) is 0 Å². The van der Waals surface area contributed by atoms with Crippen molar-refractivity contribution >= 4 is 0 Å². The van der Waals surface area contributed by atoms with Crippen LogP contribution in [0, 0.1) is 5.92 Å². The van der Waals surface area contributed by atoms with E-state index in [1.54, 1.807) is 0 Å². The highest BCUT2D eigenvalue weighted by Crippen LogP contribution is 2.41. The van der Waals surface area contributed by atoms with Gasteiger partial charge in [-0.15, -0.1) is 0 Å². The van der Waals surface area contributed by atoms with Crippen LogP contribution < -0.4 is 11.3 Å². The summed E-state index contributed by atoms with van der Waals surface area (Å²) in [5.41, 5.74) is 1.99. The van der Waals surface area contributed by atoms with Crippen molar-refractivity contribution in [2.75, 3.05) is 0 Å². The molecule has 94 valence electrons. The number of nitrogens with zero attached hydrogens (tertiary/aromatic N) is 1. The Balaban J connectivity index is 2.35. The largest absolute Gasteiger partial charge is 0.416 e. The van der Waals surface area contributed by atoms with Gasteiger partial charge in [-0.05, 0) is 24.8 Å². The van der Waals surface area contributed by atoms with E-state index in [-0.39, 0.29) is 11.5 Å². The first kappa shape index (κ1) is 12.3. The van der Waals surface area contributed by atoms with E-state index in [2.05, 4.69) is 10.4 Å². The van der Waals surface area contributed by atoms with Crippen LogP contribution in [-0.2, 0) is 6.18 Å². The van der Waals surface area contributed by atoms with Gasteiger partial charge in [0.25, 0.3) is 0 Å². The van der Waals surface area contributed by atoms with Crippen LogP contribution in [0.3, 0.4) is 0 Å². The number of halogens is 3. The monoisotopic (exact) mass is 245 g/mol. The first-order chi connectivity index (χ1) is 8.04. The third-order valence-corrected chi connectivity index (χ3v) is 3.29. The number of hydrogen-bond donors (Lipinski definition) is 2. The van der Waals surface area contributed by atoms with E-state index in [1.165, 1.54) is 6.20 Å². The van der Waals surface area contributed by atoms with Crippen molar-refractivity contribution in [2.24, 2.45) is 11.8 Å². The molecule has 1 aromatic rings. The molecule has 3 N–H and O–H groups in total. The molecule has 0 aromatic carbocycles. The lowest BCUT2D eigenvalue weighted by Crippen LogP contribution is -2.37. The number of hydrogen-bond acceptors (Lipinski definition) is 3. The molecule has 1 aliphatic carbocycles. The minimum Gasteiger partial charge on any atom is -0.271 e. The van der Waals surface area contributed by atoms with Crippen LogP contribution in [0.15, 0.2) is 18.5 Å². The van der Waals surface area contributed by atoms with Crippen LogP contribution >= 0.6 is 0 Å². The molecule has 0 spiro atoms. The van der Waals surface area contributed by atoms with Crippen LogP contribution in [0.25, 0.3) is 0 Å². The third kappa shape index (κ3) is 2.42. The molecule has 1 saturated carbocycles. The number of pyridine rings is 1. The number of aromatic nitrogens is 1. The molecule has 1 aromatic heterocycles. The molecule has 17 heavy (non-hydrogen) atoms. The summed E-state index contributed by atoms with van der Waals surface area (Å²) in [5, 5.41) is 0. The van der Waals surface area contributed by atoms with Crippen molar-refractivity contribution in [3.63, 3.8) is 0 Å². The maximum atomic E-state index is 12.8. The Kier molecular flexibility index (Phi) is 3.35. The molecule has 0 radical (unpaired) electrons. The van der Waals surface area contributed by atoms with Crippen molar-refractivity contribution in [3.05, 3.63) is 29.6 Å². The third-order valence-electron chi connectivity index (χ3n) is 3.29. The fourth-order valence-corrected chi connectivity index (χ4v) is 2.17. The first-order valence-corrected chi connectivity index (χ1v) is 5.51. The van der Waals surface area contributed by atoms with Gasteiger partial charge in [0.05, 0.1) is 11.6 Å². The minimum atomic E-state index is -4.36. The predicted molar refractivity (Wildman–Crippen MR) is 56.6 cm³/mol. The van der Waals surface area contributed by atoms with Gasteiger partial charge in [-0.2, -0.15) is 13.2 Å². The Morgan fingerprint density at radius 3 is 2.59 bits per heavy atom. The topological polar surface area (TPSA) is 50.9 Å². The lowest BCUT2D eigenvalue weighted by molar-refractivity contribution is -0.138. The lowest BCUT2D eigenvalue weighted by Gasteiger charge is -2.34. The normalized spacial score (nSPS) is 18.8. The van der Waals surface area contributed by atoms with Gasteiger partial charge in [-0.25, -0.2) is 0 Å². The maximum absolute atomic E-state index is 12.8. The van der Waals surface area contributed by atoms with E-state index in [0.29, 0.717) is 0 Å². The van der Waals surface area contributed by atoms with E-state index in [0.717, 1.165) is 31.5 Å². The summed E-state index contributed by atoms with van der Waals surface area (Å²) in [6.07, 6.45) is 0.899. The molecule has 0 amide bonds. The average Bonchev–Trinajstić information content (AvgIpc) is 2.22. The fraction of sp³-hybridized carbons (Fsp3) is 0.545. The van der Waals surface area contributed by atoms with Crippen LogP contribution in [0.4, 0.5) is 13.2 Å². The first-order valence-electron chi connectivity index (χ1n) is 5.51. The van der Waals surface area contributed by atoms with Crippen LogP contribution in [0.1, 0.15) is 36.4 Å². The summed E-state index contributed by atoms with van der Waals surface area (Å²) in [6.45, 7) is 0. The summed E-state index contributed by atoms with van der Waals surface area (Å²) in [5.74, 6) is 5.55. The summed E-state index contributed by atoms with van der Waals surface area (Å²) in [6, 6.07) is 0.535. The van der Waals surface area contributed by atoms with Gasteiger partial charge in [0, 0.05) is 18.0 Å². The second-order valence-electron chi connectivity index (χ2n) is 4.30. The van der Waals surface area contributed by atoms with Crippen molar-refractivity contribution in [2.45, 2.75) is 31.5 Å². The van der Waals surface area contributed by atoms with Gasteiger partial charge >= 0.3 is 6.18 Å². The molecule has 1 atom stereocenters. The molecule has 6 heteroatoms. The number of hydrazine groups is 1. The van der Waals surface area contributed by atoms with E-state index < -0.39 is 17.8 Å². The smallest absolute Gasteiger partial charge is 0.271 e. The number of nitrogens with two attached hydrogens (primary N) is 1. The Hall–Kier alpha value is -1.14. The van der Waals surface area contributed by atoms with Crippen molar-refractivity contribution in [1.29, 1.82) is 0 Å². The Morgan fingerprint density at radius 1 is 1.41 bits per heavy atom. The van der Waals surface area contributed by atoms with Crippen LogP contribution in [0.2, 0.25) is 0 Å². The Labute approximate surface area is 97.2 Å². The van der Waals surface area contributed by atoms with Gasteiger partial charge in [0.2, 0.25) is 0 Å². The van der Waals surface area contributed by atoms with E-state index >= 15 is 0 Å². The standard InChI is InChI=1S/C11H14F3N3/c12-11(13,14)9-4-5-16-6-8(9)10(17-15)7-2-1-3-7/h4-7,10,17H,1-3,15H2. The summed E-state index contributed by atoms with van der Waals surface area (Å²) in [7, 11) is 0. The van der Waals surface area contributed by atoms with Gasteiger partial charge in [-0.1, -0.05) is 6.42 Å². The highest BCUT2D eigenvalue weighted by Gasteiger charge is 2.38. The molecule has 0 saturated heterocycles. The highest BCUT2D eigenvalue weighted by atomic mass is 19.4. The molecule has 1 heterocycles. The predicted octanol–water partition coefficient (Wildman–Crippen LogP) is 2.40. The Morgan fingerprint density at radius 2 is 2.12 bits per heavy atom. The summed E-state index contributed by atoms with van der Waals surface area (Å²) in [4.78, 5) is 3.77. The number of rotatable bonds is 3. The van der Waals surface area contributed by atoms with E-state index in [9.17, 15) is 13.2 Å². The second kappa shape index (κ2) is 4.62. The number of alkyl halides is 3. The van der Waals surface area contributed by atoms with Gasteiger partial charge in [0.1, 0.15) is 0 Å². The fourth-order valence-electron chi connectivity index (χ4n) is 2.17. The van der Waals surface area contributed by atoms with Crippen LogP contribution in [0.5, 0.6) is 0 Å². The summed E-state index contributed by atoms with van der Waals surface area (Å²) >= 11 is 0. The van der Waals surface area contributed by atoms with E-state index in [4.69, 9.17) is 5.84 Å². The molecular formula is C11H14F3N3. The zero-order chi connectivity index (χ0) is 12.5. The molecule has 2 rings (SSSR count). The SMILES string of the molecule is NNC(c1cnccc1C(F)(F)F)C1CCC1. The zero-order valence-corrected chi connectivity index (χ0v) is 9.17. The number of nitrogens with one attached hydrogen (secondary N) is 1. The quantitative estimate of drug-likeness (QED) is 0.635. The highest BCUT2D eigenvalue weighted by molar-refractivity contribution is 5.30. The molecule has 0 aliphatic heterocycles. The van der Waals surface area contributed by atoms with Gasteiger partial charge < -0.3 is 0 Å². The van der Waals surface area contributed by atoms with Gasteiger partial charge in [-0.3, -0.25) is 16.3 Å². The molecular weight excluding hydrogens is 231 g/mol. The van der Waals surface area contributed by atoms with E-state index in [1.807, 2.05) is 0 Å². The van der Waals surface area contributed by atoms with Crippen molar-refractivity contribution < 1.29 is 13.2 Å². The molecule has 0 bridgehead atoms. The Bertz CT molecular complexity index is 388. The molecule has 1 fully saturated rings. The maximum Gasteiger partial charge on any atom is 0.416 e. The molecule has 3 nitrogen and oxygen atoms in total. The minimum absolute atomic E-state index is 0.146. The average molecular weight is 245 g/mol. The second-order valence-corrected chi connectivity index (χ2v) is 4.30.